The maximum atomic E-state index is 13.1. The van der Waals surface area contributed by atoms with Crippen molar-refractivity contribution in [1.29, 1.82) is 0 Å². The predicted molar refractivity (Wildman–Crippen MR) is 268 cm³/mol. The standard InChI is InChI=1S/C47H86N10O13S/c1-35(44(48)63)12-5-8-20-51-42(61)33-69-29-28-68-26-23-53-43(62)34-70-30-27-67-25-22-52-40(59)18-11-17-39(58)50-19-10-7-15-38(46(65)54-21-9-6-13-36(2)45(49)64)57-41(60)16-4-3-14-37-32-56-47(66)55-24-31-71-37/h35-38H,3-34H2,1-2H3,(H2,48,63)(H2,49,64)(H,50,58)(H,51,61)(H,52,59)(H,53,62)(H,54,65)(H,57,60)(H2,55,56,66)/t35-,36-,37-,38-/m0/s1. The SMILES string of the molecule is C[C@@H](CCCCNC(=O)COCCOCCNC(=O)COCCOCCNC(=O)CCCC(=O)NCCCC[C@H](NC(=O)CCCC[C@H]1CNC(=O)NCCS1)C(=O)NCCCC[C@H](C)C(N)=O)C(N)=O. The number of carbonyl (C=O) groups is 9. The van der Waals surface area contributed by atoms with Crippen LogP contribution in [0.2, 0.25) is 0 Å². The van der Waals surface area contributed by atoms with Crippen molar-refractivity contribution in [3.63, 3.8) is 0 Å². The largest absolute Gasteiger partial charge is 0.377 e. The summed E-state index contributed by atoms with van der Waals surface area (Å²) in [7, 11) is 0. The first-order valence-corrected chi connectivity index (χ1v) is 26.4. The van der Waals surface area contributed by atoms with E-state index in [2.05, 4.69) is 42.5 Å². The minimum absolute atomic E-state index is 0.0865. The summed E-state index contributed by atoms with van der Waals surface area (Å²) in [5.74, 6) is -1.69. The minimum atomic E-state index is -0.733. The van der Waals surface area contributed by atoms with Crippen LogP contribution in [0.1, 0.15) is 117 Å². The van der Waals surface area contributed by atoms with Gasteiger partial charge in [-0.15, -0.1) is 0 Å². The molecule has 0 bridgehead atoms. The van der Waals surface area contributed by atoms with Crippen LogP contribution in [0.5, 0.6) is 0 Å². The van der Waals surface area contributed by atoms with Gasteiger partial charge in [-0.3, -0.25) is 38.4 Å². The molecule has 0 radical (unpaired) electrons. The molecule has 23 nitrogen and oxygen atoms in total. The summed E-state index contributed by atoms with van der Waals surface area (Å²) in [5.41, 5.74) is 10.6. The lowest BCUT2D eigenvalue weighted by Crippen LogP contribution is -2.47. The fourth-order valence-corrected chi connectivity index (χ4v) is 7.87. The lowest BCUT2D eigenvalue weighted by molar-refractivity contribution is -0.129. The first-order valence-electron chi connectivity index (χ1n) is 25.3. The Kier molecular flexibility index (Phi) is 38.8. The molecule has 0 aromatic rings. The van der Waals surface area contributed by atoms with Crippen LogP contribution < -0.4 is 54.0 Å². The fourth-order valence-electron chi connectivity index (χ4n) is 6.78. The Hall–Kier alpha value is -4.78. The number of urea groups is 1. The fraction of sp³-hybridized carbons (Fsp3) is 0.809. The highest BCUT2D eigenvalue weighted by Gasteiger charge is 2.21. The number of thioether (sulfide) groups is 1. The van der Waals surface area contributed by atoms with Crippen LogP contribution in [0.25, 0.3) is 0 Å². The third-order valence-corrected chi connectivity index (χ3v) is 12.5. The predicted octanol–water partition coefficient (Wildman–Crippen LogP) is 0.0176. The van der Waals surface area contributed by atoms with E-state index in [-0.39, 0.29) is 156 Å². The molecule has 10 amide bonds. The number of primary amides is 2. The van der Waals surface area contributed by atoms with Crippen molar-refractivity contribution in [2.24, 2.45) is 23.3 Å². The van der Waals surface area contributed by atoms with Gasteiger partial charge in [-0.25, -0.2) is 4.79 Å². The molecule has 1 fully saturated rings. The highest BCUT2D eigenvalue weighted by atomic mass is 32.2. The van der Waals surface area contributed by atoms with Gasteiger partial charge in [0.25, 0.3) is 0 Å². The average Bonchev–Trinajstić information content (AvgIpc) is 3.32. The molecule has 0 saturated carbocycles. The second-order valence-corrected chi connectivity index (χ2v) is 18.9. The van der Waals surface area contributed by atoms with E-state index in [1.54, 1.807) is 25.6 Å². The van der Waals surface area contributed by atoms with E-state index in [0.29, 0.717) is 84.1 Å². The smallest absolute Gasteiger partial charge is 0.314 e. The first kappa shape index (κ1) is 64.2. The van der Waals surface area contributed by atoms with Gasteiger partial charge in [0.2, 0.25) is 47.3 Å². The van der Waals surface area contributed by atoms with Gasteiger partial charge in [0.15, 0.2) is 0 Å². The Labute approximate surface area is 424 Å². The summed E-state index contributed by atoms with van der Waals surface area (Å²) in [6, 6.07) is -0.895. The minimum Gasteiger partial charge on any atom is -0.377 e. The van der Waals surface area contributed by atoms with E-state index in [1.165, 1.54) is 0 Å². The Morgan fingerprint density at radius 3 is 1.59 bits per heavy atom. The van der Waals surface area contributed by atoms with Gasteiger partial charge in [0.05, 0.1) is 39.6 Å². The van der Waals surface area contributed by atoms with Gasteiger partial charge >= 0.3 is 6.03 Å². The lowest BCUT2D eigenvalue weighted by atomic mass is 10.0. The van der Waals surface area contributed by atoms with Crippen molar-refractivity contribution >= 4 is 65.1 Å². The number of carbonyl (C=O) groups excluding carboxylic acids is 9. The van der Waals surface area contributed by atoms with Gasteiger partial charge in [0.1, 0.15) is 19.3 Å². The summed E-state index contributed by atoms with van der Waals surface area (Å²) in [5, 5.41) is 22.7. The second-order valence-electron chi connectivity index (χ2n) is 17.5. The van der Waals surface area contributed by atoms with Crippen LogP contribution in [0.15, 0.2) is 0 Å². The molecule has 4 atom stereocenters. The zero-order valence-corrected chi connectivity index (χ0v) is 43.1. The number of nitrogens with one attached hydrogen (secondary N) is 8. The van der Waals surface area contributed by atoms with Crippen molar-refractivity contribution in [1.82, 2.24) is 42.5 Å². The normalized spacial score (nSPS) is 14.8. The highest BCUT2D eigenvalue weighted by molar-refractivity contribution is 7.99. The van der Waals surface area contributed by atoms with E-state index in [9.17, 15) is 43.2 Å². The molecule has 1 rings (SSSR count). The lowest BCUT2D eigenvalue weighted by Gasteiger charge is -2.21. The molecule has 0 aromatic heterocycles. The third-order valence-electron chi connectivity index (χ3n) is 11.2. The molecule has 0 aliphatic carbocycles. The Bertz CT molecular complexity index is 1570. The van der Waals surface area contributed by atoms with Crippen LogP contribution in [0.3, 0.4) is 0 Å². The number of rotatable bonds is 44. The van der Waals surface area contributed by atoms with Crippen LogP contribution in [0.4, 0.5) is 4.79 Å². The maximum Gasteiger partial charge on any atom is 0.314 e. The molecule has 1 saturated heterocycles. The van der Waals surface area contributed by atoms with Crippen LogP contribution in [-0.2, 0) is 57.3 Å². The summed E-state index contributed by atoms with van der Waals surface area (Å²) < 4.78 is 21.4. The van der Waals surface area contributed by atoms with Gasteiger partial charge in [-0.1, -0.05) is 33.1 Å². The highest BCUT2D eigenvalue weighted by Crippen LogP contribution is 2.18. The molecule has 0 spiro atoms. The van der Waals surface area contributed by atoms with Crippen molar-refractivity contribution in [2.45, 2.75) is 128 Å². The van der Waals surface area contributed by atoms with Gasteiger partial charge in [-0.2, -0.15) is 11.8 Å². The monoisotopic (exact) mass is 1030 g/mol. The zero-order valence-electron chi connectivity index (χ0n) is 42.3. The van der Waals surface area contributed by atoms with Crippen molar-refractivity contribution in [3.05, 3.63) is 0 Å². The summed E-state index contributed by atoms with van der Waals surface area (Å²) in [6.07, 6.45) is 9.10. The molecule has 1 aliphatic rings. The summed E-state index contributed by atoms with van der Waals surface area (Å²) >= 11 is 1.79. The molecule has 408 valence electrons. The van der Waals surface area contributed by atoms with Crippen LogP contribution >= 0.6 is 11.8 Å². The molecular weight excluding hydrogens is 945 g/mol. The average molecular weight is 1030 g/mol. The Morgan fingerprint density at radius 1 is 0.549 bits per heavy atom. The summed E-state index contributed by atoms with van der Waals surface area (Å²) in [6.45, 7) is 7.75. The van der Waals surface area contributed by atoms with Crippen molar-refractivity contribution in [2.75, 3.05) is 104 Å². The zero-order chi connectivity index (χ0) is 52.3. The van der Waals surface area contributed by atoms with Crippen LogP contribution in [0, 0.1) is 11.8 Å². The number of nitrogens with two attached hydrogens (primary N) is 2. The van der Waals surface area contributed by atoms with E-state index < -0.39 is 6.04 Å². The van der Waals surface area contributed by atoms with Gasteiger partial charge < -0.3 is 72.9 Å². The molecule has 1 heterocycles. The molecular formula is C47H86N10O13S. The molecule has 24 heteroatoms. The molecule has 1 aliphatic heterocycles. The van der Waals surface area contributed by atoms with E-state index >= 15 is 0 Å². The van der Waals surface area contributed by atoms with E-state index in [0.717, 1.165) is 37.9 Å². The number of amides is 10. The number of ether oxygens (including phenoxy) is 4. The van der Waals surface area contributed by atoms with Gasteiger partial charge in [-0.05, 0) is 64.2 Å². The third kappa shape index (κ3) is 38.6. The summed E-state index contributed by atoms with van der Waals surface area (Å²) in [4.78, 5) is 108. The topological polar surface area (TPSA) is 339 Å². The quantitative estimate of drug-likeness (QED) is 0.0360. The van der Waals surface area contributed by atoms with E-state index in [1.807, 2.05) is 0 Å². The molecule has 0 aromatic carbocycles. The number of unbranched alkanes of at least 4 members (excludes halogenated alkanes) is 4. The second kappa shape index (κ2) is 42.9. The van der Waals surface area contributed by atoms with Crippen LogP contribution in [-0.4, -0.2) is 169 Å². The number of hydrogen-bond donors (Lipinski definition) is 10. The van der Waals surface area contributed by atoms with Crippen molar-refractivity contribution < 1.29 is 62.1 Å². The maximum absolute atomic E-state index is 13.1. The van der Waals surface area contributed by atoms with Gasteiger partial charge in [0, 0.05) is 87.9 Å². The molecule has 71 heavy (non-hydrogen) atoms. The Balaban J connectivity index is 2.12. The van der Waals surface area contributed by atoms with Crippen molar-refractivity contribution in [3.8, 4) is 0 Å². The molecule has 0 unspecified atom stereocenters. The number of hydrogen-bond acceptors (Lipinski definition) is 14. The van der Waals surface area contributed by atoms with E-state index in [4.69, 9.17) is 30.4 Å². The molecule has 12 N–H and O–H groups in total. The first-order chi connectivity index (χ1) is 34.2. The Morgan fingerprint density at radius 2 is 1.03 bits per heavy atom.